The Bertz CT molecular complexity index is 533. The average Bonchev–Trinajstić information content (AvgIpc) is 2.65. The minimum Gasteiger partial charge on any atom is -0.395 e. The van der Waals surface area contributed by atoms with Gasteiger partial charge in [0.1, 0.15) is 0 Å². The fourth-order valence-corrected chi connectivity index (χ4v) is 2.94. The predicted octanol–water partition coefficient (Wildman–Crippen LogP) is 1.30. The maximum absolute atomic E-state index is 12.4. The van der Waals surface area contributed by atoms with E-state index in [1.807, 2.05) is 18.2 Å². The Morgan fingerprint density at radius 3 is 2.68 bits per heavy atom. The first-order valence-corrected chi connectivity index (χ1v) is 8.91. The van der Waals surface area contributed by atoms with Gasteiger partial charge in [0.15, 0.2) is 0 Å². The van der Waals surface area contributed by atoms with Crippen molar-refractivity contribution in [2.45, 2.75) is 6.92 Å². The molecule has 140 valence electrons. The van der Waals surface area contributed by atoms with Gasteiger partial charge in [-0.25, -0.2) is 4.79 Å². The number of piperazine rings is 1. The normalized spacial score (nSPS) is 15.2. The minimum atomic E-state index is -0.223. The highest BCUT2D eigenvalue weighted by atomic mass is 16.5. The van der Waals surface area contributed by atoms with Gasteiger partial charge in [0, 0.05) is 57.8 Å². The fraction of sp³-hybridized carbons (Fsp3) is 0.611. The molecule has 7 heteroatoms. The van der Waals surface area contributed by atoms with Gasteiger partial charge in [-0.15, -0.1) is 0 Å². The third-order valence-corrected chi connectivity index (χ3v) is 4.50. The first kappa shape index (κ1) is 19.5. The molecule has 0 aromatic heterocycles. The molecule has 7 nitrogen and oxygen atoms in total. The van der Waals surface area contributed by atoms with E-state index in [4.69, 9.17) is 9.84 Å². The Morgan fingerprint density at radius 2 is 2.04 bits per heavy atom. The number of nitrogens with one attached hydrogen (secondary N) is 1. The second-order valence-electron chi connectivity index (χ2n) is 6.11. The number of carbonyl (C=O) groups excluding carboxylic acids is 1. The number of aliphatic hydroxyl groups is 1. The average molecular weight is 350 g/mol. The van der Waals surface area contributed by atoms with Gasteiger partial charge in [0.05, 0.1) is 13.2 Å². The molecule has 1 aromatic rings. The van der Waals surface area contributed by atoms with Crippen LogP contribution in [0, 0.1) is 0 Å². The minimum absolute atomic E-state index is 0.0706. The fourth-order valence-electron chi connectivity index (χ4n) is 2.94. The number of carbonyl (C=O) groups is 1. The van der Waals surface area contributed by atoms with E-state index in [2.05, 4.69) is 28.1 Å². The molecule has 0 atom stereocenters. The van der Waals surface area contributed by atoms with E-state index in [1.54, 1.807) is 12.0 Å². The number of urea groups is 1. The molecule has 2 N–H and O–H groups in total. The van der Waals surface area contributed by atoms with Crippen molar-refractivity contribution in [3.8, 4) is 0 Å². The summed E-state index contributed by atoms with van der Waals surface area (Å²) in [4.78, 5) is 18.7. The zero-order valence-corrected chi connectivity index (χ0v) is 15.3. The number of amides is 2. The number of aliphatic hydroxyl groups excluding tert-OH is 1. The molecule has 0 saturated carbocycles. The largest absolute Gasteiger partial charge is 0.395 e. The Labute approximate surface area is 150 Å². The molecule has 0 aliphatic carbocycles. The topological polar surface area (TPSA) is 68.3 Å². The summed E-state index contributed by atoms with van der Waals surface area (Å²) in [6, 6.07) is 7.71. The van der Waals surface area contributed by atoms with Crippen LogP contribution in [0.5, 0.6) is 0 Å². The predicted molar refractivity (Wildman–Crippen MR) is 100 cm³/mol. The van der Waals surface area contributed by atoms with E-state index in [0.717, 1.165) is 44.1 Å². The van der Waals surface area contributed by atoms with Crippen LogP contribution in [-0.2, 0) is 4.74 Å². The van der Waals surface area contributed by atoms with Crippen molar-refractivity contribution in [1.82, 2.24) is 9.80 Å². The molecule has 1 aliphatic heterocycles. The van der Waals surface area contributed by atoms with Gasteiger partial charge in [-0.2, -0.15) is 0 Å². The number of rotatable bonds is 8. The molecule has 1 fully saturated rings. The second-order valence-corrected chi connectivity index (χ2v) is 6.11. The molecule has 25 heavy (non-hydrogen) atoms. The highest BCUT2D eigenvalue weighted by Crippen LogP contribution is 2.21. The lowest BCUT2D eigenvalue weighted by molar-refractivity contribution is 0.142. The van der Waals surface area contributed by atoms with Gasteiger partial charge < -0.3 is 29.9 Å². The van der Waals surface area contributed by atoms with Crippen LogP contribution in [0.4, 0.5) is 16.2 Å². The number of nitrogens with zero attached hydrogens (tertiary/aromatic N) is 3. The summed E-state index contributed by atoms with van der Waals surface area (Å²) in [5, 5.41) is 12.1. The quantitative estimate of drug-likeness (QED) is 0.740. The maximum atomic E-state index is 12.4. The highest BCUT2D eigenvalue weighted by Gasteiger charge is 2.17. The zero-order valence-electron chi connectivity index (χ0n) is 15.3. The lowest BCUT2D eigenvalue weighted by Crippen LogP contribution is -2.46. The number of ether oxygens (including phenoxy) is 1. The molecule has 1 aliphatic rings. The summed E-state index contributed by atoms with van der Waals surface area (Å²) in [6.07, 6.45) is 0. The molecule has 2 amide bonds. The third kappa shape index (κ3) is 5.88. The summed E-state index contributed by atoms with van der Waals surface area (Å²) in [5.74, 6) is 0. The molecule has 0 radical (unpaired) electrons. The van der Waals surface area contributed by atoms with Crippen LogP contribution in [0.15, 0.2) is 24.3 Å². The molecular weight excluding hydrogens is 320 g/mol. The summed E-state index contributed by atoms with van der Waals surface area (Å²) in [6.45, 7) is 8.50. The van der Waals surface area contributed by atoms with Gasteiger partial charge in [-0.3, -0.25) is 0 Å². The van der Waals surface area contributed by atoms with Crippen LogP contribution in [0.25, 0.3) is 0 Å². The standard InChI is InChI=1S/C18H30N4O3/c1-3-20-7-9-21(10-8-20)17-6-4-5-16(15-17)19-18(24)22(11-13-23)12-14-25-2/h4-6,15,23H,3,7-14H2,1-2H3,(H,19,24). The monoisotopic (exact) mass is 350 g/mol. The first-order valence-electron chi connectivity index (χ1n) is 8.91. The summed E-state index contributed by atoms with van der Waals surface area (Å²) in [5.41, 5.74) is 1.89. The van der Waals surface area contributed by atoms with Gasteiger partial charge in [0.2, 0.25) is 0 Å². The molecule has 0 unspecified atom stereocenters. The van der Waals surface area contributed by atoms with Crippen LogP contribution in [0.1, 0.15) is 6.92 Å². The van der Waals surface area contributed by atoms with Crippen LogP contribution >= 0.6 is 0 Å². The Morgan fingerprint density at radius 1 is 1.28 bits per heavy atom. The number of likely N-dealkylation sites (N-methyl/N-ethyl adjacent to an activating group) is 1. The molecule has 1 heterocycles. The zero-order chi connectivity index (χ0) is 18.1. The lowest BCUT2D eigenvalue weighted by Gasteiger charge is -2.35. The number of anilines is 2. The van der Waals surface area contributed by atoms with Crippen molar-refractivity contribution >= 4 is 17.4 Å². The first-order chi connectivity index (χ1) is 12.2. The van der Waals surface area contributed by atoms with E-state index in [0.29, 0.717) is 13.2 Å². The van der Waals surface area contributed by atoms with E-state index < -0.39 is 0 Å². The van der Waals surface area contributed by atoms with Gasteiger partial charge in [-0.1, -0.05) is 13.0 Å². The molecule has 0 bridgehead atoms. The third-order valence-electron chi connectivity index (χ3n) is 4.50. The van der Waals surface area contributed by atoms with Crippen molar-refractivity contribution in [2.24, 2.45) is 0 Å². The van der Waals surface area contributed by atoms with Crippen LogP contribution < -0.4 is 10.2 Å². The molecular formula is C18H30N4O3. The Kier molecular flexibility index (Phi) is 7.97. The Balaban J connectivity index is 1.97. The van der Waals surface area contributed by atoms with Crippen molar-refractivity contribution in [2.75, 3.05) is 76.4 Å². The van der Waals surface area contributed by atoms with E-state index >= 15 is 0 Å². The number of benzene rings is 1. The van der Waals surface area contributed by atoms with Crippen LogP contribution in [-0.4, -0.2) is 87.1 Å². The summed E-state index contributed by atoms with van der Waals surface area (Å²) >= 11 is 0. The number of methoxy groups -OCH3 is 1. The SMILES string of the molecule is CCN1CCN(c2cccc(NC(=O)N(CCO)CCOC)c2)CC1. The lowest BCUT2D eigenvalue weighted by atomic mass is 10.2. The van der Waals surface area contributed by atoms with E-state index in [-0.39, 0.29) is 19.2 Å². The van der Waals surface area contributed by atoms with E-state index in [9.17, 15) is 4.79 Å². The van der Waals surface area contributed by atoms with Crippen molar-refractivity contribution in [3.05, 3.63) is 24.3 Å². The van der Waals surface area contributed by atoms with Gasteiger partial charge in [-0.05, 0) is 24.7 Å². The van der Waals surface area contributed by atoms with Gasteiger partial charge in [0.25, 0.3) is 0 Å². The van der Waals surface area contributed by atoms with Crippen molar-refractivity contribution < 1.29 is 14.6 Å². The van der Waals surface area contributed by atoms with Crippen molar-refractivity contribution in [1.29, 1.82) is 0 Å². The molecule has 1 aromatic carbocycles. The number of hydrogen-bond donors (Lipinski definition) is 2. The van der Waals surface area contributed by atoms with Crippen LogP contribution in [0.3, 0.4) is 0 Å². The molecule has 2 rings (SSSR count). The van der Waals surface area contributed by atoms with Gasteiger partial charge >= 0.3 is 6.03 Å². The maximum Gasteiger partial charge on any atom is 0.322 e. The Hall–Kier alpha value is -1.83. The second kappa shape index (κ2) is 10.2. The summed E-state index contributed by atoms with van der Waals surface area (Å²) in [7, 11) is 1.59. The number of hydrogen-bond acceptors (Lipinski definition) is 5. The molecule has 1 saturated heterocycles. The van der Waals surface area contributed by atoms with Crippen LogP contribution in [0.2, 0.25) is 0 Å². The van der Waals surface area contributed by atoms with E-state index in [1.165, 1.54) is 0 Å². The molecule has 0 spiro atoms. The smallest absolute Gasteiger partial charge is 0.322 e. The summed E-state index contributed by atoms with van der Waals surface area (Å²) < 4.78 is 5.02. The highest BCUT2D eigenvalue weighted by molar-refractivity contribution is 5.90. The van der Waals surface area contributed by atoms with Crippen molar-refractivity contribution in [3.63, 3.8) is 0 Å².